The van der Waals surface area contributed by atoms with Gasteiger partial charge in [-0.15, -0.1) is 11.3 Å². The van der Waals surface area contributed by atoms with E-state index in [4.69, 9.17) is 4.98 Å². The first-order valence-corrected chi connectivity index (χ1v) is 8.74. The van der Waals surface area contributed by atoms with E-state index < -0.39 is 0 Å². The zero-order valence-electron chi connectivity index (χ0n) is 12.4. The van der Waals surface area contributed by atoms with Crippen molar-refractivity contribution >= 4 is 21.6 Å². The first kappa shape index (κ1) is 13.7. The zero-order chi connectivity index (χ0) is 14.9. The Balaban J connectivity index is 1.91. The molecule has 4 rings (SSSR count). The smallest absolute Gasteiger partial charge is 0.260 e. The van der Waals surface area contributed by atoms with E-state index >= 15 is 0 Å². The number of aromatic amines is 1. The molecule has 1 aliphatic carbocycles. The molecule has 0 spiro atoms. The van der Waals surface area contributed by atoms with E-state index in [2.05, 4.69) is 4.98 Å². The summed E-state index contributed by atoms with van der Waals surface area (Å²) < 4.78 is 0. The molecule has 0 atom stereocenters. The van der Waals surface area contributed by atoms with Crippen molar-refractivity contribution < 1.29 is 0 Å². The van der Waals surface area contributed by atoms with Crippen molar-refractivity contribution in [2.24, 2.45) is 0 Å². The molecule has 1 aromatic carbocycles. The van der Waals surface area contributed by atoms with E-state index in [0.29, 0.717) is 5.82 Å². The number of aromatic nitrogens is 2. The van der Waals surface area contributed by atoms with Gasteiger partial charge >= 0.3 is 0 Å². The summed E-state index contributed by atoms with van der Waals surface area (Å²) in [4.78, 5) is 22.6. The van der Waals surface area contributed by atoms with E-state index in [9.17, 15) is 4.79 Å². The number of thiophene rings is 1. The van der Waals surface area contributed by atoms with Crippen LogP contribution in [-0.2, 0) is 12.8 Å². The number of hydrogen-bond acceptors (Lipinski definition) is 3. The van der Waals surface area contributed by atoms with E-state index in [1.165, 1.54) is 36.1 Å². The Morgan fingerprint density at radius 2 is 1.77 bits per heavy atom. The van der Waals surface area contributed by atoms with Crippen LogP contribution in [0.2, 0.25) is 0 Å². The molecule has 0 saturated heterocycles. The van der Waals surface area contributed by atoms with Gasteiger partial charge in [0, 0.05) is 10.4 Å². The van der Waals surface area contributed by atoms with Crippen LogP contribution in [-0.4, -0.2) is 9.97 Å². The van der Waals surface area contributed by atoms with Crippen LogP contribution in [0.1, 0.15) is 36.1 Å². The molecule has 0 saturated carbocycles. The van der Waals surface area contributed by atoms with Gasteiger partial charge < -0.3 is 4.98 Å². The van der Waals surface area contributed by atoms with Gasteiger partial charge in [-0.2, -0.15) is 0 Å². The van der Waals surface area contributed by atoms with Crippen LogP contribution in [0.3, 0.4) is 0 Å². The second-order valence-electron chi connectivity index (χ2n) is 5.88. The Morgan fingerprint density at radius 1 is 1.00 bits per heavy atom. The molecule has 4 heteroatoms. The van der Waals surface area contributed by atoms with Crippen molar-refractivity contribution in [2.75, 3.05) is 0 Å². The maximum atomic E-state index is 12.6. The molecule has 0 fully saturated rings. The highest BCUT2D eigenvalue weighted by Gasteiger charge is 2.18. The summed E-state index contributed by atoms with van der Waals surface area (Å²) >= 11 is 1.71. The van der Waals surface area contributed by atoms with Crippen LogP contribution in [0.5, 0.6) is 0 Å². The van der Waals surface area contributed by atoms with Gasteiger partial charge in [-0.1, -0.05) is 43.2 Å². The molecule has 112 valence electrons. The molecule has 0 amide bonds. The minimum Gasteiger partial charge on any atom is -0.306 e. The predicted molar refractivity (Wildman–Crippen MR) is 91.6 cm³/mol. The molecule has 3 nitrogen and oxygen atoms in total. The van der Waals surface area contributed by atoms with Crippen molar-refractivity contribution in [3.8, 4) is 11.4 Å². The van der Waals surface area contributed by atoms with Crippen LogP contribution in [0.25, 0.3) is 21.6 Å². The van der Waals surface area contributed by atoms with Crippen molar-refractivity contribution in [3.05, 3.63) is 51.1 Å². The third kappa shape index (κ3) is 2.37. The monoisotopic (exact) mass is 310 g/mol. The number of hydrogen-bond donors (Lipinski definition) is 1. The van der Waals surface area contributed by atoms with Gasteiger partial charge in [0.2, 0.25) is 0 Å². The highest BCUT2D eigenvalue weighted by molar-refractivity contribution is 7.18. The first-order chi connectivity index (χ1) is 10.8. The Labute approximate surface area is 133 Å². The summed E-state index contributed by atoms with van der Waals surface area (Å²) in [5, 5.41) is 0.835. The average Bonchev–Trinajstić information content (AvgIpc) is 2.85. The second kappa shape index (κ2) is 5.69. The summed E-state index contributed by atoms with van der Waals surface area (Å²) in [7, 11) is 0. The zero-order valence-corrected chi connectivity index (χ0v) is 13.2. The van der Waals surface area contributed by atoms with Gasteiger partial charge in [0.15, 0.2) is 0 Å². The third-order valence-corrected chi connectivity index (χ3v) is 5.56. The number of benzene rings is 1. The number of rotatable bonds is 1. The fourth-order valence-corrected chi connectivity index (χ4v) is 4.51. The lowest BCUT2D eigenvalue weighted by molar-refractivity contribution is 0.623. The maximum Gasteiger partial charge on any atom is 0.260 e. The van der Waals surface area contributed by atoms with Gasteiger partial charge in [-0.05, 0) is 31.2 Å². The molecule has 0 radical (unpaired) electrons. The van der Waals surface area contributed by atoms with E-state index in [-0.39, 0.29) is 5.56 Å². The number of nitrogens with zero attached hydrogens (tertiary/aromatic N) is 1. The van der Waals surface area contributed by atoms with Crippen LogP contribution in [0.4, 0.5) is 0 Å². The molecule has 2 heterocycles. The van der Waals surface area contributed by atoms with Crippen molar-refractivity contribution in [1.82, 2.24) is 9.97 Å². The molecule has 0 bridgehead atoms. The van der Waals surface area contributed by atoms with Gasteiger partial charge in [-0.25, -0.2) is 4.98 Å². The lowest BCUT2D eigenvalue weighted by Crippen LogP contribution is -2.10. The molecule has 0 aliphatic heterocycles. The summed E-state index contributed by atoms with van der Waals surface area (Å²) in [6.07, 6.45) is 7.08. The number of nitrogens with one attached hydrogen (secondary N) is 1. The maximum absolute atomic E-state index is 12.6. The highest BCUT2D eigenvalue weighted by atomic mass is 32.1. The Hall–Kier alpha value is -1.94. The van der Waals surface area contributed by atoms with Gasteiger partial charge in [-0.3, -0.25) is 4.79 Å². The molecular weight excluding hydrogens is 292 g/mol. The van der Waals surface area contributed by atoms with Crippen molar-refractivity contribution in [3.63, 3.8) is 0 Å². The molecular formula is C18H18N2OS. The lowest BCUT2D eigenvalue weighted by Gasteiger charge is -2.08. The minimum atomic E-state index is 0.0157. The lowest BCUT2D eigenvalue weighted by atomic mass is 9.98. The normalized spacial score (nSPS) is 15.3. The van der Waals surface area contributed by atoms with Crippen LogP contribution in [0, 0.1) is 0 Å². The number of fused-ring (bicyclic) bond motifs is 3. The molecule has 0 unspecified atom stereocenters. The molecule has 2 aromatic heterocycles. The van der Waals surface area contributed by atoms with Crippen LogP contribution in [0.15, 0.2) is 35.1 Å². The standard InChI is InChI=1S/C18H18N2OS/c21-17-15-13-10-6-1-2-7-11-14(13)22-18(15)20-16(19-17)12-8-4-3-5-9-12/h3-5,8-9H,1-2,6-7,10-11H2,(H,19,20,21). The second-order valence-corrected chi connectivity index (χ2v) is 6.96. The predicted octanol–water partition coefficient (Wildman–Crippen LogP) is 4.31. The fraction of sp³-hybridized carbons (Fsp3) is 0.333. The minimum absolute atomic E-state index is 0.0157. The quantitative estimate of drug-likeness (QED) is 0.728. The summed E-state index contributed by atoms with van der Waals surface area (Å²) in [5.41, 5.74) is 2.23. The first-order valence-electron chi connectivity index (χ1n) is 7.93. The van der Waals surface area contributed by atoms with Gasteiger partial charge in [0.25, 0.3) is 5.56 Å². The molecule has 22 heavy (non-hydrogen) atoms. The van der Waals surface area contributed by atoms with Gasteiger partial charge in [0.1, 0.15) is 10.7 Å². The Bertz CT molecular complexity index is 864. The highest BCUT2D eigenvalue weighted by Crippen LogP contribution is 2.33. The van der Waals surface area contributed by atoms with Crippen LogP contribution >= 0.6 is 11.3 Å². The fourth-order valence-electron chi connectivity index (χ4n) is 3.25. The third-order valence-electron chi connectivity index (χ3n) is 4.37. The van der Waals surface area contributed by atoms with Crippen molar-refractivity contribution in [2.45, 2.75) is 38.5 Å². The van der Waals surface area contributed by atoms with E-state index in [0.717, 1.165) is 28.6 Å². The summed E-state index contributed by atoms with van der Waals surface area (Å²) in [6, 6.07) is 9.86. The summed E-state index contributed by atoms with van der Waals surface area (Å²) in [5.74, 6) is 0.673. The van der Waals surface area contributed by atoms with E-state index in [1.54, 1.807) is 11.3 Å². The van der Waals surface area contributed by atoms with E-state index in [1.807, 2.05) is 30.3 Å². The SMILES string of the molecule is O=c1[nH]c(-c2ccccc2)nc2sc3c(c12)CCCCCC3. The number of H-pyrrole nitrogens is 1. The largest absolute Gasteiger partial charge is 0.306 e. The number of aryl methyl sites for hydroxylation is 2. The Kier molecular flexibility index (Phi) is 3.54. The van der Waals surface area contributed by atoms with Crippen molar-refractivity contribution in [1.29, 1.82) is 0 Å². The molecule has 1 N–H and O–H groups in total. The van der Waals surface area contributed by atoms with Crippen LogP contribution < -0.4 is 5.56 Å². The Morgan fingerprint density at radius 3 is 2.59 bits per heavy atom. The van der Waals surface area contributed by atoms with Gasteiger partial charge in [0.05, 0.1) is 5.39 Å². The molecule has 1 aliphatic rings. The average molecular weight is 310 g/mol. The summed E-state index contributed by atoms with van der Waals surface area (Å²) in [6.45, 7) is 0. The molecule has 3 aromatic rings. The topological polar surface area (TPSA) is 45.8 Å².